The summed E-state index contributed by atoms with van der Waals surface area (Å²) in [6.45, 7) is 0. The number of halogens is 1. The Morgan fingerprint density at radius 1 is 0.838 bits per heavy atom. The zero-order chi connectivity index (χ0) is 24.7. The maximum Gasteiger partial charge on any atom is 1.00 e. The molecule has 0 aliphatic heterocycles. The zero-order valence-corrected chi connectivity index (χ0v) is 25.4. The second-order valence-electron chi connectivity index (χ2n) is 8.70. The van der Waals surface area contributed by atoms with Crippen molar-refractivity contribution in [2.75, 3.05) is 0 Å². The van der Waals surface area contributed by atoms with Crippen molar-refractivity contribution in [2.24, 2.45) is 0 Å². The van der Waals surface area contributed by atoms with Gasteiger partial charge in [0.1, 0.15) is 11.2 Å². The van der Waals surface area contributed by atoms with E-state index >= 15 is 0 Å². The van der Waals surface area contributed by atoms with Gasteiger partial charge in [-0.15, -0.1) is 0 Å². The third-order valence-electron chi connectivity index (χ3n) is 6.77. The van der Waals surface area contributed by atoms with Crippen LogP contribution in [0.2, 0.25) is 0 Å². The van der Waals surface area contributed by atoms with Gasteiger partial charge in [0.2, 0.25) is 0 Å². The Hall–Kier alpha value is -2.21. The molecule has 176 valence electrons. The molecule has 0 amide bonds. The normalized spacial score (nSPS) is 12.2. The van der Waals surface area contributed by atoms with Crippen molar-refractivity contribution < 1.29 is 61.3 Å². The maximum atomic E-state index is 12.4. The predicted octanol–water partition coefficient (Wildman–Crippen LogP) is 1.25. The number of carbonyl (C=O) groups is 1. The van der Waals surface area contributed by atoms with Crippen molar-refractivity contribution in [1.29, 1.82) is 0 Å². The van der Waals surface area contributed by atoms with E-state index in [4.69, 9.17) is 10.1 Å². The van der Waals surface area contributed by atoms with E-state index in [-0.39, 0.29) is 57.1 Å². The number of carbonyl (C=O) groups excluding carboxylic acids is 1. The smallest absolute Gasteiger partial charge is 0.543 e. The van der Waals surface area contributed by atoms with Gasteiger partial charge in [0, 0.05) is 34.4 Å². The molecule has 0 bridgehead atoms. The van der Waals surface area contributed by atoms with E-state index in [9.17, 15) is 9.90 Å². The summed E-state index contributed by atoms with van der Waals surface area (Å²) >= 11 is 2.09. The Morgan fingerprint density at radius 2 is 1.35 bits per heavy atom. The van der Waals surface area contributed by atoms with Gasteiger partial charge in [0.25, 0.3) is 0 Å². The monoisotopic (exact) mass is 622 g/mol. The van der Waals surface area contributed by atoms with Gasteiger partial charge in [-0.1, -0.05) is 91.0 Å². The number of benzene rings is 3. The van der Waals surface area contributed by atoms with E-state index in [0.717, 1.165) is 22.3 Å². The van der Waals surface area contributed by atoms with Gasteiger partial charge in [-0.3, -0.25) is 0 Å². The van der Waals surface area contributed by atoms with Crippen LogP contribution in [0.25, 0.3) is 11.4 Å². The number of aromatic carboxylic acids is 1. The van der Waals surface area contributed by atoms with Crippen LogP contribution in [0.3, 0.4) is 0 Å². The summed E-state index contributed by atoms with van der Waals surface area (Å²) in [6.07, 6.45) is 2.99. The maximum absolute atomic E-state index is 12.4. The molecule has 6 nitrogen and oxygen atoms in total. The SMILES string of the molecule is O=C([O-])c1nn(C(c2ccccc2)(c2ccccc2)c2ccccc2)c2c1CCc1cnc(I)nc1-2.[K+]. The van der Waals surface area contributed by atoms with E-state index in [1.165, 1.54) is 0 Å². The van der Waals surface area contributed by atoms with E-state index in [2.05, 4.69) is 64.0 Å². The molecule has 0 atom stereocenters. The molecule has 0 radical (unpaired) electrons. The van der Waals surface area contributed by atoms with Gasteiger partial charge < -0.3 is 9.90 Å². The molecule has 0 fully saturated rings. The molecule has 1 aliphatic carbocycles. The van der Waals surface area contributed by atoms with Crippen LogP contribution in [0, 0.1) is 3.83 Å². The first-order valence-corrected chi connectivity index (χ1v) is 12.7. The summed E-state index contributed by atoms with van der Waals surface area (Å²) in [5, 5.41) is 17.2. The summed E-state index contributed by atoms with van der Waals surface area (Å²) in [5.74, 6) is -1.29. The Bertz CT molecular complexity index is 1480. The van der Waals surface area contributed by atoms with Crippen molar-refractivity contribution in [2.45, 2.75) is 18.4 Å². The first kappa shape index (κ1) is 26.4. The summed E-state index contributed by atoms with van der Waals surface area (Å²) in [6, 6.07) is 30.2. The summed E-state index contributed by atoms with van der Waals surface area (Å²) in [7, 11) is 0. The fourth-order valence-corrected chi connectivity index (χ4v) is 5.66. The van der Waals surface area contributed by atoms with E-state index in [1.807, 2.05) is 65.5 Å². The van der Waals surface area contributed by atoms with Crippen LogP contribution in [-0.2, 0) is 18.4 Å². The standard InChI is InChI=1S/C29H21IN4O2.K/c30-28-31-18-19-16-17-23-25(27(35)36)33-34(26(23)24(19)32-28)29(20-10-4-1-5-11-20,21-12-6-2-7-13-21)22-14-8-3-9-15-22;/h1-15,18H,16-17H2,(H,35,36);/q;+1/p-1. The van der Waals surface area contributed by atoms with Crippen LogP contribution in [0.1, 0.15) is 38.3 Å². The van der Waals surface area contributed by atoms with Crippen LogP contribution >= 0.6 is 22.6 Å². The van der Waals surface area contributed by atoms with Crippen LogP contribution in [0.5, 0.6) is 0 Å². The van der Waals surface area contributed by atoms with Gasteiger partial charge in [-0.05, 0) is 35.1 Å². The largest absolute Gasteiger partial charge is 1.00 e. The summed E-state index contributed by atoms with van der Waals surface area (Å²) < 4.78 is 2.45. The second-order valence-corrected chi connectivity index (χ2v) is 9.66. The Labute approximate surface area is 270 Å². The Balaban J connectivity index is 0.00000280. The molecule has 5 aromatic rings. The number of aryl methyl sites for hydroxylation is 1. The zero-order valence-electron chi connectivity index (χ0n) is 20.1. The molecule has 1 aliphatic rings. The molecule has 2 heterocycles. The fourth-order valence-electron chi connectivity index (χ4n) is 5.27. The average Bonchev–Trinajstić information content (AvgIpc) is 3.32. The molecule has 8 heteroatoms. The number of rotatable bonds is 5. The minimum absolute atomic E-state index is 0. The van der Waals surface area contributed by atoms with Crippen molar-refractivity contribution in [3.8, 4) is 11.4 Å². The van der Waals surface area contributed by atoms with E-state index in [1.54, 1.807) is 0 Å². The summed E-state index contributed by atoms with van der Waals surface area (Å²) in [5.41, 5.74) is 4.86. The molecule has 2 aromatic heterocycles. The molecule has 3 aromatic carbocycles. The molecule has 6 rings (SSSR count). The third kappa shape index (κ3) is 4.43. The average molecular weight is 623 g/mol. The minimum atomic E-state index is -1.29. The van der Waals surface area contributed by atoms with Crippen LogP contribution < -0.4 is 56.5 Å². The number of carboxylic acid groups (broad SMARTS) is 1. The Morgan fingerprint density at radius 3 is 1.84 bits per heavy atom. The van der Waals surface area contributed by atoms with Crippen LogP contribution in [-0.4, -0.2) is 25.7 Å². The summed E-state index contributed by atoms with van der Waals surface area (Å²) in [4.78, 5) is 21.6. The molecular weight excluding hydrogens is 602 g/mol. The van der Waals surface area contributed by atoms with Crippen molar-refractivity contribution in [3.05, 3.63) is 135 Å². The van der Waals surface area contributed by atoms with Gasteiger partial charge in [0.05, 0.1) is 17.4 Å². The second kappa shape index (κ2) is 10.9. The molecule has 37 heavy (non-hydrogen) atoms. The molecule has 0 unspecified atom stereocenters. The molecular formula is C29H20IKN4O2. The minimum Gasteiger partial charge on any atom is -0.543 e. The van der Waals surface area contributed by atoms with Crippen LogP contribution in [0.15, 0.2) is 97.2 Å². The first-order valence-electron chi connectivity index (χ1n) is 11.6. The molecule has 0 saturated carbocycles. The van der Waals surface area contributed by atoms with Crippen molar-refractivity contribution >= 4 is 28.6 Å². The molecule has 0 N–H and O–H groups in total. The van der Waals surface area contributed by atoms with Gasteiger partial charge in [-0.2, -0.15) is 5.10 Å². The number of hydrogen-bond acceptors (Lipinski definition) is 5. The number of fused-ring (bicyclic) bond motifs is 3. The number of aromatic nitrogens is 4. The van der Waals surface area contributed by atoms with Gasteiger partial charge >= 0.3 is 51.4 Å². The Kier molecular flexibility index (Phi) is 7.76. The number of hydrogen-bond donors (Lipinski definition) is 0. The van der Waals surface area contributed by atoms with Gasteiger partial charge in [-0.25, -0.2) is 14.6 Å². The number of nitrogens with zero attached hydrogens (tertiary/aromatic N) is 4. The quantitative estimate of drug-likeness (QED) is 0.128. The van der Waals surface area contributed by atoms with Crippen molar-refractivity contribution in [1.82, 2.24) is 19.7 Å². The predicted molar refractivity (Wildman–Crippen MR) is 142 cm³/mol. The van der Waals surface area contributed by atoms with Crippen LogP contribution in [0.4, 0.5) is 0 Å². The van der Waals surface area contributed by atoms with E-state index < -0.39 is 11.5 Å². The molecule has 0 saturated heterocycles. The van der Waals surface area contributed by atoms with Crippen molar-refractivity contribution in [3.63, 3.8) is 0 Å². The fraction of sp³-hybridized carbons (Fsp3) is 0.103. The third-order valence-corrected chi connectivity index (χ3v) is 7.29. The molecule has 0 spiro atoms. The topological polar surface area (TPSA) is 83.7 Å². The van der Waals surface area contributed by atoms with Gasteiger partial charge in [0.15, 0.2) is 3.83 Å². The first-order chi connectivity index (χ1) is 17.6. The number of carboxylic acids is 1. The van der Waals surface area contributed by atoms with E-state index in [0.29, 0.717) is 33.6 Å².